The van der Waals surface area contributed by atoms with Crippen LogP contribution >= 0.6 is 11.3 Å². The fraction of sp³-hybridized carbons (Fsp3) is 0.571. The number of ether oxygens (including phenoxy) is 1. The quantitative estimate of drug-likeness (QED) is 0.700. The summed E-state index contributed by atoms with van der Waals surface area (Å²) in [5, 5.41) is 16.7. The third kappa shape index (κ3) is 4.70. The number of aliphatic hydroxyl groups is 1. The van der Waals surface area contributed by atoms with Gasteiger partial charge in [0.1, 0.15) is 0 Å². The van der Waals surface area contributed by atoms with Gasteiger partial charge in [0.05, 0.1) is 29.4 Å². The van der Waals surface area contributed by atoms with Crippen LogP contribution in [0.15, 0.2) is 34.5 Å². The first-order valence-corrected chi connectivity index (χ1v) is 12.8. The second kappa shape index (κ2) is 8.92. The molecule has 2 aromatic rings. The van der Waals surface area contributed by atoms with Crippen molar-refractivity contribution in [1.82, 2.24) is 9.29 Å². The number of rotatable bonds is 6. The number of nitrogens with one attached hydrogen (secondary N) is 1. The maximum Gasteiger partial charge on any atom is 0.243 e. The Morgan fingerprint density at radius 3 is 2.73 bits per heavy atom. The van der Waals surface area contributed by atoms with E-state index in [1.54, 1.807) is 18.2 Å². The Hall–Kier alpha value is -1.52. The normalized spacial score (nSPS) is 25.9. The van der Waals surface area contributed by atoms with E-state index in [9.17, 15) is 13.5 Å². The predicted octanol–water partition coefficient (Wildman–Crippen LogP) is 3.33. The number of hydrogen-bond donors (Lipinski definition) is 2. The summed E-state index contributed by atoms with van der Waals surface area (Å²) in [5.41, 5.74) is 1.04. The van der Waals surface area contributed by atoms with E-state index < -0.39 is 15.6 Å². The molecule has 164 valence electrons. The Morgan fingerprint density at radius 1 is 1.30 bits per heavy atom. The average molecular weight is 452 g/mol. The second-order valence-corrected chi connectivity index (χ2v) is 10.9. The van der Waals surface area contributed by atoms with Crippen molar-refractivity contribution in [3.05, 3.63) is 29.6 Å². The van der Waals surface area contributed by atoms with Gasteiger partial charge >= 0.3 is 0 Å². The van der Waals surface area contributed by atoms with E-state index in [1.807, 2.05) is 18.4 Å². The van der Waals surface area contributed by atoms with Gasteiger partial charge in [0.15, 0.2) is 5.13 Å². The zero-order chi connectivity index (χ0) is 21.2. The minimum absolute atomic E-state index is 0.288. The molecule has 0 unspecified atom stereocenters. The SMILES string of the molecule is CCC1(O)CCC(Nc2nc(-c3cccc(S(=O)(=O)N4CCOCC4)c3)cs2)CC1. The molecular weight excluding hydrogens is 422 g/mol. The van der Waals surface area contributed by atoms with E-state index >= 15 is 0 Å². The largest absolute Gasteiger partial charge is 0.390 e. The number of benzene rings is 1. The van der Waals surface area contributed by atoms with Crippen LogP contribution in [0.3, 0.4) is 0 Å². The number of anilines is 1. The van der Waals surface area contributed by atoms with E-state index in [4.69, 9.17) is 4.74 Å². The van der Waals surface area contributed by atoms with Crippen LogP contribution in [0.4, 0.5) is 5.13 Å². The molecule has 2 aliphatic rings. The zero-order valence-corrected chi connectivity index (χ0v) is 18.8. The van der Waals surface area contributed by atoms with Gasteiger partial charge in [-0.3, -0.25) is 0 Å². The lowest BCUT2D eigenvalue weighted by atomic mass is 9.81. The first-order valence-electron chi connectivity index (χ1n) is 10.5. The van der Waals surface area contributed by atoms with Crippen LogP contribution in [0, 0.1) is 0 Å². The highest BCUT2D eigenvalue weighted by atomic mass is 32.2. The van der Waals surface area contributed by atoms with Gasteiger partial charge in [0.2, 0.25) is 10.0 Å². The van der Waals surface area contributed by atoms with E-state index in [-0.39, 0.29) is 4.90 Å². The van der Waals surface area contributed by atoms with Crippen LogP contribution in [-0.2, 0) is 14.8 Å². The van der Waals surface area contributed by atoms with E-state index in [1.165, 1.54) is 15.6 Å². The van der Waals surface area contributed by atoms with Gasteiger partial charge in [-0.15, -0.1) is 11.3 Å². The molecule has 2 N–H and O–H groups in total. The molecule has 2 fully saturated rings. The van der Waals surface area contributed by atoms with Crippen LogP contribution < -0.4 is 5.32 Å². The van der Waals surface area contributed by atoms with Crippen molar-refractivity contribution in [2.45, 2.75) is 55.6 Å². The number of nitrogens with zero attached hydrogens (tertiary/aromatic N) is 2. The van der Waals surface area contributed by atoms with Crippen LogP contribution in [0.25, 0.3) is 11.3 Å². The lowest BCUT2D eigenvalue weighted by Gasteiger charge is -2.35. The summed E-state index contributed by atoms with van der Waals surface area (Å²) < 4.78 is 32.6. The molecule has 1 aliphatic heterocycles. The molecular formula is C21H29N3O4S2. The fourth-order valence-electron chi connectivity index (χ4n) is 4.05. The molecule has 0 radical (unpaired) electrons. The molecule has 1 aromatic heterocycles. The molecule has 7 nitrogen and oxygen atoms in total. The molecule has 1 aromatic carbocycles. The van der Waals surface area contributed by atoms with Crippen LogP contribution in [0.5, 0.6) is 0 Å². The van der Waals surface area contributed by atoms with Crippen molar-refractivity contribution < 1.29 is 18.3 Å². The molecule has 1 saturated carbocycles. The van der Waals surface area contributed by atoms with E-state index in [0.717, 1.165) is 48.5 Å². The maximum absolute atomic E-state index is 12.9. The highest BCUT2D eigenvalue weighted by Gasteiger charge is 2.31. The molecule has 4 rings (SSSR count). The number of hydrogen-bond acceptors (Lipinski definition) is 7. The third-order valence-electron chi connectivity index (χ3n) is 6.14. The zero-order valence-electron chi connectivity index (χ0n) is 17.2. The smallest absolute Gasteiger partial charge is 0.243 e. The summed E-state index contributed by atoms with van der Waals surface area (Å²) in [4.78, 5) is 4.97. The summed E-state index contributed by atoms with van der Waals surface area (Å²) in [6, 6.07) is 7.30. The summed E-state index contributed by atoms with van der Waals surface area (Å²) >= 11 is 1.52. The highest BCUT2D eigenvalue weighted by molar-refractivity contribution is 7.89. The fourth-order valence-corrected chi connectivity index (χ4v) is 6.30. The molecule has 30 heavy (non-hydrogen) atoms. The molecule has 0 bridgehead atoms. The summed E-state index contributed by atoms with van der Waals surface area (Å²) in [5.74, 6) is 0. The van der Waals surface area contributed by atoms with Crippen molar-refractivity contribution in [3.8, 4) is 11.3 Å². The maximum atomic E-state index is 12.9. The van der Waals surface area contributed by atoms with Gasteiger partial charge in [-0.05, 0) is 44.2 Å². The molecule has 0 spiro atoms. The molecule has 1 saturated heterocycles. The van der Waals surface area contributed by atoms with E-state index in [0.29, 0.717) is 32.3 Å². The highest BCUT2D eigenvalue weighted by Crippen LogP contribution is 2.34. The third-order valence-corrected chi connectivity index (χ3v) is 8.81. The van der Waals surface area contributed by atoms with Gasteiger partial charge < -0.3 is 15.2 Å². The van der Waals surface area contributed by atoms with Crippen molar-refractivity contribution in [2.75, 3.05) is 31.6 Å². The molecule has 0 atom stereocenters. The first kappa shape index (κ1) is 21.7. The minimum atomic E-state index is -3.53. The van der Waals surface area contributed by atoms with Crippen molar-refractivity contribution in [3.63, 3.8) is 0 Å². The Balaban J connectivity index is 1.46. The first-order chi connectivity index (χ1) is 14.4. The molecule has 9 heteroatoms. The summed E-state index contributed by atoms with van der Waals surface area (Å²) in [6.07, 6.45) is 4.26. The number of sulfonamides is 1. The Morgan fingerprint density at radius 2 is 2.03 bits per heavy atom. The Kier molecular flexibility index (Phi) is 6.45. The van der Waals surface area contributed by atoms with Gasteiger partial charge in [-0.2, -0.15) is 4.31 Å². The monoisotopic (exact) mass is 451 g/mol. The van der Waals surface area contributed by atoms with Gasteiger partial charge in [0, 0.05) is 30.1 Å². The van der Waals surface area contributed by atoms with Gasteiger partial charge in [-0.1, -0.05) is 19.1 Å². The van der Waals surface area contributed by atoms with Crippen LogP contribution in [0.1, 0.15) is 39.0 Å². The van der Waals surface area contributed by atoms with Gasteiger partial charge in [-0.25, -0.2) is 13.4 Å². The van der Waals surface area contributed by atoms with Crippen LogP contribution in [-0.4, -0.2) is 60.8 Å². The van der Waals surface area contributed by atoms with Crippen molar-refractivity contribution in [2.24, 2.45) is 0 Å². The summed E-state index contributed by atoms with van der Waals surface area (Å²) in [7, 11) is -3.53. The van der Waals surface area contributed by atoms with Crippen molar-refractivity contribution in [1.29, 1.82) is 0 Å². The predicted molar refractivity (Wildman–Crippen MR) is 118 cm³/mol. The lowest BCUT2D eigenvalue weighted by Crippen LogP contribution is -2.40. The summed E-state index contributed by atoms with van der Waals surface area (Å²) in [6.45, 7) is 3.65. The molecule has 1 aliphatic carbocycles. The standard InChI is InChI=1S/C21H29N3O4S2/c1-2-21(25)8-6-17(7-9-21)22-20-23-19(15-29-20)16-4-3-5-18(14-16)30(26,27)24-10-12-28-13-11-24/h3-5,14-15,17,25H,2,6-13H2,1H3,(H,22,23). The van der Waals surface area contributed by atoms with Gasteiger partial charge in [0.25, 0.3) is 0 Å². The van der Waals surface area contributed by atoms with Crippen molar-refractivity contribution >= 4 is 26.5 Å². The second-order valence-electron chi connectivity index (χ2n) is 8.08. The van der Waals surface area contributed by atoms with E-state index in [2.05, 4.69) is 10.3 Å². The molecule has 2 heterocycles. The lowest BCUT2D eigenvalue weighted by molar-refractivity contribution is -0.00192. The Bertz CT molecular complexity index is 962. The number of aromatic nitrogens is 1. The van der Waals surface area contributed by atoms with Crippen LogP contribution in [0.2, 0.25) is 0 Å². The topological polar surface area (TPSA) is 91.8 Å². The number of thiazole rings is 1. The average Bonchev–Trinajstić information content (AvgIpc) is 3.25. The Labute approximate surface area is 182 Å². The number of morpholine rings is 1. The minimum Gasteiger partial charge on any atom is -0.390 e. The molecule has 0 amide bonds.